The molecule has 0 bridgehead atoms. The predicted molar refractivity (Wildman–Crippen MR) is 142 cm³/mol. The van der Waals surface area contributed by atoms with Crippen molar-refractivity contribution in [3.63, 3.8) is 0 Å². The fraction of sp³-hybridized carbons (Fsp3) is 0.267. The molecule has 0 radical (unpaired) electrons. The third-order valence-electron chi connectivity index (χ3n) is 6.13. The van der Waals surface area contributed by atoms with Crippen LogP contribution >= 0.6 is 0 Å². The minimum absolute atomic E-state index is 0.0000503. The summed E-state index contributed by atoms with van der Waals surface area (Å²) in [7, 11) is 1.53. The van der Waals surface area contributed by atoms with E-state index < -0.39 is 17.7 Å². The summed E-state index contributed by atoms with van der Waals surface area (Å²) in [6.07, 6.45) is 0.871. The molecule has 1 saturated heterocycles. The van der Waals surface area contributed by atoms with Crippen molar-refractivity contribution < 1.29 is 28.9 Å². The van der Waals surface area contributed by atoms with Crippen LogP contribution in [0, 0.1) is 6.92 Å². The van der Waals surface area contributed by atoms with Gasteiger partial charge >= 0.3 is 0 Å². The van der Waals surface area contributed by atoms with Crippen LogP contribution in [-0.4, -0.2) is 37.1 Å². The van der Waals surface area contributed by atoms with Gasteiger partial charge in [-0.25, -0.2) is 0 Å². The molecule has 3 aromatic carbocycles. The first-order valence-electron chi connectivity index (χ1n) is 12.3. The van der Waals surface area contributed by atoms with Gasteiger partial charge in [-0.3, -0.25) is 14.5 Å². The first kappa shape index (κ1) is 25.8. The fourth-order valence-electron chi connectivity index (χ4n) is 4.41. The molecular formula is C30H31NO6. The number of aryl methyl sites for hydroxylation is 1. The summed E-state index contributed by atoms with van der Waals surface area (Å²) in [5, 5.41) is 11.4. The topological polar surface area (TPSA) is 85.3 Å². The van der Waals surface area contributed by atoms with Crippen molar-refractivity contribution in [2.24, 2.45) is 0 Å². The van der Waals surface area contributed by atoms with E-state index in [1.807, 2.05) is 39.0 Å². The Labute approximate surface area is 216 Å². The van der Waals surface area contributed by atoms with E-state index in [2.05, 4.69) is 0 Å². The lowest BCUT2D eigenvalue weighted by molar-refractivity contribution is -0.132. The highest BCUT2D eigenvalue weighted by Gasteiger charge is 2.47. The number of rotatable bonds is 9. The third-order valence-corrected chi connectivity index (χ3v) is 6.13. The molecule has 1 fully saturated rings. The van der Waals surface area contributed by atoms with Gasteiger partial charge in [-0.05, 0) is 79.9 Å². The van der Waals surface area contributed by atoms with Crippen LogP contribution in [0.5, 0.6) is 17.2 Å². The van der Waals surface area contributed by atoms with Crippen LogP contribution in [0.4, 0.5) is 5.69 Å². The van der Waals surface area contributed by atoms with E-state index in [9.17, 15) is 14.7 Å². The van der Waals surface area contributed by atoms with Crippen LogP contribution < -0.4 is 19.1 Å². The van der Waals surface area contributed by atoms with E-state index in [-0.39, 0.29) is 11.3 Å². The minimum atomic E-state index is -0.873. The maximum absolute atomic E-state index is 13.4. The number of hydrogen-bond acceptors (Lipinski definition) is 6. The lowest BCUT2D eigenvalue weighted by atomic mass is 9.94. The summed E-state index contributed by atoms with van der Waals surface area (Å²) in [6, 6.07) is 18.6. The normalized spacial score (nSPS) is 16.6. The summed E-state index contributed by atoms with van der Waals surface area (Å²) in [5.74, 6) is -0.0635. The number of carbonyl (C=O) groups excluding carboxylic acids is 2. The molecule has 7 heteroatoms. The second-order valence-corrected chi connectivity index (χ2v) is 8.72. The van der Waals surface area contributed by atoms with Crippen molar-refractivity contribution in [1.29, 1.82) is 0 Å². The second kappa shape index (κ2) is 11.2. The zero-order valence-electron chi connectivity index (χ0n) is 21.5. The van der Waals surface area contributed by atoms with E-state index >= 15 is 0 Å². The maximum Gasteiger partial charge on any atom is 0.300 e. The molecule has 1 atom stereocenters. The third kappa shape index (κ3) is 5.16. The molecule has 3 aromatic rings. The van der Waals surface area contributed by atoms with Crippen LogP contribution in [0.25, 0.3) is 5.76 Å². The van der Waals surface area contributed by atoms with Crippen molar-refractivity contribution in [3.8, 4) is 17.2 Å². The Kier molecular flexibility index (Phi) is 7.82. The average Bonchev–Trinajstić information content (AvgIpc) is 3.18. The molecule has 0 saturated carbocycles. The fourth-order valence-corrected chi connectivity index (χ4v) is 4.41. The summed E-state index contributed by atoms with van der Waals surface area (Å²) in [5.41, 5.74) is 2.51. The van der Waals surface area contributed by atoms with Crippen LogP contribution in [-0.2, 0) is 9.59 Å². The summed E-state index contributed by atoms with van der Waals surface area (Å²) >= 11 is 0. The number of hydrogen-bond donors (Lipinski definition) is 1. The number of methoxy groups -OCH3 is 1. The van der Waals surface area contributed by atoms with Crippen molar-refractivity contribution in [3.05, 3.63) is 89.0 Å². The number of carbonyl (C=O) groups is 2. The molecule has 4 rings (SSSR count). The van der Waals surface area contributed by atoms with Gasteiger partial charge in [-0.2, -0.15) is 0 Å². The number of Topliss-reactive ketones (excluding diaryl/α,β-unsaturated/α-hetero) is 1. The minimum Gasteiger partial charge on any atom is -0.507 e. The first-order chi connectivity index (χ1) is 17.9. The molecule has 37 heavy (non-hydrogen) atoms. The highest BCUT2D eigenvalue weighted by atomic mass is 16.5. The second-order valence-electron chi connectivity index (χ2n) is 8.72. The summed E-state index contributed by atoms with van der Waals surface area (Å²) < 4.78 is 16.8. The highest BCUT2D eigenvalue weighted by Crippen LogP contribution is 2.44. The zero-order chi connectivity index (χ0) is 26.5. The zero-order valence-corrected chi connectivity index (χ0v) is 21.5. The number of anilines is 1. The van der Waals surface area contributed by atoms with Crippen molar-refractivity contribution >= 4 is 23.1 Å². The van der Waals surface area contributed by atoms with Crippen LogP contribution in [0.2, 0.25) is 0 Å². The van der Waals surface area contributed by atoms with Crippen molar-refractivity contribution in [1.82, 2.24) is 0 Å². The van der Waals surface area contributed by atoms with E-state index in [1.165, 1.54) is 12.0 Å². The number of nitrogens with zero attached hydrogens (tertiary/aromatic N) is 1. The summed E-state index contributed by atoms with van der Waals surface area (Å²) in [4.78, 5) is 28.2. The molecule has 1 N–H and O–H groups in total. The number of ketones is 1. The Hall–Kier alpha value is -4.26. The van der Waals surface area contributed by atoms with Crippen molar-refractivity contribution in [2.75, 3.05) is 25.2 Å². The van der Waals surface area contributed by atoms with Gasteiger partial charge in [0, 0.05) is 11.3 Å². The predicted octanol–water partition coefficient (Wildman–Crippen LogP) is 5.82. The van der Waals surface area contributed by atoms with Gasteiger partial charge in [-0.1, -0.05) is 25.1 Å². The molecular weight excluding hydrogens is 470 g/mol. The Morgan fingerprint density at radius 3 is 2.35 bits per heavy atom. The van der Waals surface area contributed by atoms with Gasteiger partial charge in [0.1, 0.15) is 11.5 Å². The number of ether oxygens (including phenoxy) is 3. The molecule has 192 valence electrons. The van der Waals surface area contributed by atoms with Gasteiger partial charge in [0.05, 0.1) is 31.9 Å². The Morgan fingerprint density at radius 2 is 1.70 bits per heavy atom. The smallest absolute Gasteiger partial charge is 0.300 e. The molecule has 7 nitrogen and oxygen atoms in total. The van der Waals surface area contributed by atoms with E-state index in [0.29, 0.717) is 47.3 Å². The van der Waals surface area contributed by atoms with Crippen LogP contribution in [0.15, 0.2) is 72.3 Å². The molecule has 1 heterocycles. The molecule has 1 aliphatic rings. The van der Waals surface area contributed by atoms with Gasteiger partial charge in [0.2, 0.25) is 0 Å². The monoisotopic (exact) mass is 501 g/mol. The van der Waals surface area contributed by atoms with Gasteiger partial charge in [0.25, 0.3) is 11.7 Å². The molecule has 0 spiro atoms. The summed E-state index contributed by atoms with van der Waals surface area (Å²) in [6.45, 7) is 6.83. The maximum atomic E-state index is 13.4. The van der Waals surface area contributed by atoms with E-state index in [1.54, 1.807) is 48.5 Å². The number of aliphatic hydroxyl groups excluding tert-OH is 1. The largest absolute Gasteiger partial charge is 0.507 e. The highest BCUT2D eigenvalue weighted by molar-refractivity contribution is 6.51. The quantitative estimate of drug-likeness (QED) is 0.226. The van der Waals surface area contributed by atoms with Gasteiger partial charge in [-0.15, -0.1) is 0 Å². The SMILES string of the molecule is CCCOc1ccc(/C(O)=C2/C(=O)C(=O)N(c3cccc(C)c3)C2c2ccc(OCC)c(OC)c2)cc1. The molecule has 0 aromatic heterocycles. The Morgan fingerprint density at radius 1 is 0.946 bits per heavy atom. The van der Waals surface area contributed by atoms with Crippen LogP contribution in [0.1, 0.15) is 43.0 Å². The molecule has 1 amide bonds. The average molecular weight is 502 g/mol. The first-order valence-corrected chi connectivity index (χ1v) is 12.3. The lowest BCUT2D eigenvalue weighted by Gasteiger charge is -2.26. The van der Waals surface area contributed by atoms with E-state index in [0.717, 1.165) is 12.0 Å². The van der Waals surface area contributed by atoms with Gasteiger partial charge < -0.3 is 19.3 Å². The Bertz CT molecular complexity index is 1330. The number of amides is 1. The number of benzene rings is 3. The molecule has 1 unspecified atom stereocenters. The van der Waals surface area contributed by atoms with E-state index in [4.69, 9.17) is 14.2 Å². The van der Waals surface area contributed by atoms with Crippen molar-refractivity contribution in [2.45, 2.75) is 33.2 Å². The lowest BCUT2D eigenvalue weighted by Crippen LogP contribution is -2.29. The Balaban J connectivity index is 1.88. The number of aliphatic hydroxyl groups is 1. The standard InChI is InChI=1S/C30H31NO6/c1-5-16-37-23-13-10-20(11-14-23)28(32)26-27(21-12-15-24(36-6-2)25(18-21)35-4)31(30(34)29(26)33)22-9-7-8-19(3)17-22/h7-15,17-18,27,32H,5-6,16H2,1-4H3/b28-26-. The molecule has 1 aliphatic heterocycles. The van der Waals surface area contributed by atoms with Crippen LogP contribution in [0.3, 0.4) is 0 Å². The van der Waals surface area contributed by atoms with Gasteiger partial charge in [0.15, 0.2) is 11.5 Å². The molecule has 0 aliphatic carbocycles.